The number of piperazine rings is 1. The predicted molar refractivity (Wildman–Crippen MR) is 120 cm³/mol. The van der Waals surface area contributed by atoms with Crippen molar-refractivity contribution in [3.05, 3.63) is 52.1 Å². The number of ether oxygens (including phenoxy) is 1. The molecule has 0 radical (unpaired) electrons. The van der Waals surface area contributed by atoms with Crippen molar-refractivity contribution in [2.45, 2.75) is 18.9 Å². The molecule has 9 heteroatoms. The van der Waals surface area contributed by atoms with Gasteiger partial charge in [0.25, 0.3) is 0 Å². The quantitative estimate of drug-likeness (QED) is 0.698. The van der Waals surface area contributed by atoms with Crippen LogP contribution >= 0.6 is 23.2 Å². The molecule has 2 aromatic rings. The summed E-state index contributed by atoms with van der Waals surface area (Å²) >= 11 is 12.1. The highest BCUT2D eigenvalue weighted by molar-refractivity contribution is 6.31. The van der Waals surface area contributed by atoms with Gasteiger partial charge in [-0.1, -0.05) is 35.3 Å². The molecule has 31 heavy (non-hydrogen) atoms. The molecule has 7 nitrogen and oxygen atoms in total. The first-order valence-electron chi connectivity index (χ1n) is 10.2. The third-order valence-electron chi connectivity index (χ3n) is 6.18. The van der Waals surface area contributed by atoms with Crippen LogP contribution in [0.15, 0.2) is 36.5 Å². The summed E-state index contributed by atoms with van der Waals surface area (Å²) in [7, 11) is 1.36. The minimum Gasteiger partial charge on any atom is -0.469 e. The lowest BCUT2D eigenvalue weighted by Gasteiger charge is -2.45. The first-order chi connectivity index (χ1) is 14.9. The van der Waals surface area contributed by atoms with Gasteiger partial charge in [0.15, 0.2) is 5.82 Å². The maximum Gasteiger partial charge on any atom is 0.309 e. The fraction of sp³-hybridized carbons (Fsp3) is 0.409. The van der Waals surface area contributed by atoms with Crippen LogP contribution in [0.25, 0.3) is 0 Å². The van der Waals surface area contributed by atoms with E-state index < -0.39 is 0 Å². The smallest absolute Gasteiger partial charge is 0.309 e. The fourth-order valence-corrected chi connectivity index (χ4v) is 4.65. The first-order valence-corrected chi connectivity index (χ1v) is 10.9. The third kappa shape index (κ3) is 4.29. The van der Waals surface area contributed by atoms with Gasteiger partial charge in [-0.15, -0.1) is 0 Å². The van der Waals surface area contributed by atoms with Gasteiger partial charge in [0.05, 0.1) is 35.7 Å². The van der Waals surface area contributed by atoms with Crippen LogP contribution in [0.2, 0.25) is 10.0 Å². The minimum atomic E-state index is -0.349. The van der Waals surface area contributed by atoms with Crippen molar-refractivity contribution in [2.75, 3.05) is 37.4 Å². The van der Waals surface area contributed by atoms with Crippen LogP contribution in [0.3, 0.4) is 0 Å². The number of esters is 1. The van der Waals surface area contributed by atoms with E-state index in [9.17, 15) is 9.59 Å². The normalized spacial score (nSPS) is 23.3. The molecule has 1 aliphatic carbocycles. The van der Waals surface area contributed by atoms with Crippen LogP contribution in [0.1, 0.15) is 24.4 Å². The molecule has 2 fully saturated rings. The summed E-state index contributed by atoms with van der Waals surface area (Å²) in [5.41, 5.74) is 7.69. The molecule has 0 bridgehead atoms. The zero-order valence-electron chi connectivity index (χ0n) is 17.1. The Morgan fingerprint density at radius 1 is 1.10 bits per heavy atom. The molecule has 3 atom stereocenters. The Morgan fingerprint density at radius 2 is 1.81 bits per heavy atom. The van der Waals surface area contributed by atoms with E-state index in [1.54, 1.807) is 12.3 Å². The number of benzene rings is 1. The van der Waals surface area contributed by atoms with Gasteiger partial charge in [0, 0.05) is 30.9 Å². The topological polar surface area (TPSA) is 88.8 Å². The number of hydrogen-bond donors (Lipinski definition) is 1. The largest absolute Gasteiger partial charge is 0.469 e. The van der Waals surface area contributed by atoms with Crippen LogP contribution in [0, 0.1) is 11.8 Å². The number of nitrogens with zero attached hydrogens (tertiary/aromatic N) is 3. The number of methoxy groups -OCH3 is 1. The molecule has 1 saturated carbocycles. The van der Waals surface area contributed by atoms with Gasteiger partial charge in [-0.25, -0.2) is 4.98 Å². The number of hydrogen-bond acceptors (Lipinski definition) is 6. The average molecular weight is 463 g/mol. The standard InChI is InChI=1S/C22H24Cl2N4O3/c1-31-22(30)17-7-6-16(17)21(29)27-8-9-28(20-18(25)10-15(24)11-26-20)19(12-27)13-2-4-14(23)5-3-13/h2-5,10-11,16-17,19H,6-9,12,25H2,1H3/t16-,17-,19?/m0/s1. The molecule has 1 aromatic carbocycles. The summed E-state index contributed by atoms with van der Waals surface area (Å²) in [4.78, 5) is 33.6. The van der Waals surface area contributed by atoms with Crippen molar-refractivity contribution < 1.29 is 14.3 Å². The van der Waals surface area contributed by atoms with E-state index in [4.69, 9.17) is 33.7 Å². The number of anilines is 2. The Morgan fingerprint density at radius 3 is 2.42 bits per heavy atom. The molecule has 4 rings (SSSR count). The summed E-state index contributed by atoms with van der Waals surface area (Å²) in [6.07, 6.45) is 2.96. The van der Waals surface area contributed by atoms with Gasteiger partial charge in [0.1, 0.15) is 0 Å². The van der Waals surface area contributed by atoms with E-state index in [1.165, 1.54) is 7.11 Å². The molecule has 2 aliphatic rings. The number of nitrogens with two attached hydrogens (primary N) is 1. The van der Waals surface area contributed by atoms with E-state index in [0.717, 1.165) is 5.56 Å². The fourth-order valence-electron chi connectivity index (χ4n) is 4.36. The van der Waals surface area contributed by atoms with Crippen LogP contribution < -0.4 is 10.6 Å². The zero-order chi connectivity index (χ0) is 22.1. The van der Waals surface area contributed by atoms with Gasteiger partial charge in [-0.05, 0) is 36.6 Å². The highest BCUT2D eigenvalue weighted by atomic mass is 35.5. The van der Waals surface area contributed by atoms with E-state index >= 15 is 0 Å². The van der Waals surface area contributed by atoms with Crippen LogP contribution in [-0.4, -0.2) is 48.5 Å². The molecule has 2 heterocycles. The van der Waals surface area contributed by atoms with E-state index in [2.05, 4.69) is 9.88 Å². The Balaban J connectivity index is 1.60. The second-order valence-electron chi connectivity index (χ2n) is 7.92. The van der Waals surface area contributed by atoms with Crippen molar-refractivity contribution in [2.24, 2.45) is 11.8 Å². The summed E-state index contributed by atoms with van der Waals surface area (Å²) in [6.45, 7) is 1.51. The van der Waals surface area contributed by atoms with Crippen molar-refractivity contribution in [1.29, 1.82) is 0 Å². The summed E-state index contributed by atoms with van der Waals surface area (Å²) in [6, 6.07) is 9.06. The number of rotatable bonds is 4. The summed E-state index contributed by atoms with van der Waals surface area (Å²) in [5.74, 6) is -0.345. The van der Waals surface area contributed by atoms with Crippen molar-refractivity contribution in [1.82, 2.24) is 9.88 Å². The lowest BCUT2D eigenvalue weighted by molar-refractivity contribution is -0.159. The van der Waals surface area contributed by atoms with E-state index in [1.807, 2.05) is 29.2 Å². The second-order valence-corrected chi connectivity index (χ2v) is 8.80. The molecule has 1 unspecified atom stereocenters. The number of pyridine rings is 1. The van der Waals surface area contributed by atoms with Crippen molar-refractivity contribution in [3.8, 4) is 0 Å². The Hall–Kier alpha value is -2.51. The monoisotopic (exact) mass is 462 g/mol. The molecule has 1 aromatic heterocycles. The van der Waals surface area contributed by atoms with Gasteiger partial charge in [0.2, 0.25) is 5.91 Å². The molecular weight excluding hydrogens is 439 g/mol. The number of carbonyl (C=O) groups is 2. The lowest BCUT2D eigenvalue weighted by Crippen LogP contribution is -2.55. The van der Waals surface area contributed by atoms with Crippen LogP contribution in [0.4, 0.5) is 11.5 Å². The number of amides is 1. The third-order valence-corrected chi connectivity index (χ3v) is 6.63. The molecule has 2 N–H and O–H groups in total. The van der Waals surface area contributed by atoms with Gasteiger partial charge >= 0.3 is 5.97 Å². The second kappa shape index (κ2) is 8.93. The van der Waals surface area contributed by atoms with E-state index in [-0.39, 0.29) is 29.8 Å². The summed E-state index contributed by atoms with van der Waals surface area (Å²) < 4.78 is 4.86. The number of halogens is 2. The SMILES string of the molecule is COC(=O)[C@H]1CC[C@@H]1C(=O)N1CCN(c2ncc(Cl)cc2N)C(c2ccc(Cl)cc2)C1. The van der Waals surface area contributed by atoms with Gasteiger partial charge in [-0.3, -0.25) is 9.59 Å². The molecule has 1 amide bonds. The van der Waals surface area contributed by atoms with Crippen molar-refractivity contribution >= 4 is 46.6 Å². The number of carbonyl (C=O) groups excluding carboxylic acids is 2. The maximum atomic E-state index is 13.2. The zero-order valence-corrected chi connectivity index (χ0v) is 18.6. The molecular formula is C22H24Cl2N4O3. The molecule has 164 valence electrons. The highest BCUT2D eigenvalue weighted by Gasteiger charge is 2.45. The first kappa shape index (κ1) is 21.7. The van der Waals surface area contributed by atoms with Crippen LogP contribution in [0.5, 0.6) is 0 Å². The molecule has 0 spiro atoms. The van der Waals surface area contributed by atoms with Gasteiger partial charge < -0.3 is 20.3 Å². The van der Waals surface area contributed by atoms with Crippen LogP contribution in [-0.2, 0) is 14.3 Å². The average Bonchev–Trinajstić information content (AvgIpc) is 2.73. The Labute approximate surface area is 191 Å². The summed E-state index contributed by atoms with van der Waals surface area (Å²) in [5, 5.41) is 1.11. The number of nitrogen functional groups attached to an aromatic ring is 1. The maximum absolute atomic E-state index is 13.2. The molecule has 1 saturated heterocycles. The highest BCUT2D eigenvalue weighted by Crippen LogP contribution is 2.39. The van der Waals surface area contributed by atoms with Gasteiger partial charge in [-0.2, -0.15) is 0 Å². The van der Waals surface area contributed by atoms with Crippen molar-refractivity contribution in [3.63, 3.8) is 0 Å². The predicted octanol–water partition coefficient (Wildman–Crippen LogP) is 3.56. The Kier molecular flexibility index (Phi) is 6.25. The lowest BCUT2D eigenvalue weighted by atomic mass is 9.72. The molecule has 1 aliphatic heterocycles. The Bertz CT molecular complexity index is 985. The van der Waals surface area contributed by atoms with E-state index in [0.29, 0.717) is 54.0 Å². The number of aromatic nitrogens is 1. The minimum absolute atomic E-state index is 0.00250.